The molecular weight excluding hydrogens is 294 g/mol. The van der Waals surface area contributed by atoms with Crippen molar-refractivity contribution >= 4 is 11.7 Å². The fourth-order valence-corrected chi connectivity index (χ4v) is 2.46. The predicted octanol–water partition coefficient (Wildman–Crippen LogP) is 1.15. The van der Waals surface area contributed by atoms with Crippen LogP contribution >= 0.6 is 0 Å². The lowest BCUT2D eigenvalue weighted by molar-refractivity contribution is -0.0248. The maximum absolute atomic E-state index is 12.5. The standard InChI is InChI=1S/C16H19N5O2/c1-20(2)15-5-3-4-12(19-15)14-10-21(8-9-23-14)16(22)13-6-7-17-11-18-13/h3-7,11,14H,8-10H2,1-2H3/t14-/m0/s1. The van der Waals surface area contributed by atoms with E-state index < -0.39 is 0 Å². The summed E-state index contributed by atoms with van der Waals surface area (Å²) in [4.78, 5) is 28.7. The molecule has 0 aliphatic carbocycles. The molecular formula is C16H19N5O2. The number of aromatic nitrogens is 3. The normalized spacial score (nSPS) is 17.8. The molecule has 1 amide bonds. The van der Waals surface area contributed by atoms with Gasteiger partial charge < -0.3 is 14.5 Å². The molecule has 0 saturated carbocycles. The summed E-state index contributed by atoms with van der Waals surface area (Å²) in [5.74, 6) is 0.759. The highest BCUT2D eigenvalue weighted by Gasteiger charge is 2.27. The Kier molecular flexibility index (Phi) is 4.47. The maximum atomic E-state index is 12.5. The Balaban J connectivity index is 1.76. The molecule has 0 bridgehead atoms. The number of carbonyl (C=O) groups excluding carboxylic acids is 1. The molecule has 1 fully saturated rings. The summed E-state index contributed by atoms with van der Waals surface area (Å²) in [7, 11) is 3.89. The second-order valence-electron chi connectivity index (χ2n) is 5.52. The molecule has 3 rings (SSSR count). The van der Waals surface area contributed by atoms with E-state index in [0.717, 1.165) is 11.5 Å². The Morgan fingerprint density at radius 1 is 1.35 bits per heavy atom. The number of morpholine rings is 1. The summed E-state index contributed by atoms with van der Waals surface area (Å²) in [6, 6.07) is 7.44. The Bertz CT molecular complexity index is 677. The Morgan fingerprint density at radius 3 is 2.96 bits per heavy atom. The van der Waals surface area contributed by atoms with Crippen LogP contribution < -0.4 is 4.90 Å². The molecule has 0 spiro atoms. The van der Waals surface area contributed by atoms with Crippen LogP contribution in [0, 0.1) is 0 Å². The molecule has 7 heteroatoms. The van der Waals surface area contributed by atoms with Gasteiger partial charge in [0.2, 0.25) is 0 Å². The molecule has 23 heavy (non-hydrogen) atoms. The highest BCUT2D eigenvalue weighted by molar-refractivity contribution is 5.92. The number of carbonyl (C=O) groups is 1. The lowest BCUT2D eigenvalue weighted by Gasteiger charge is -2.32. The average molecular weight is 313 g/mol. The molecule has 7 nitrogen and oxygen atoms in total. The third kappa shape index (κ3) is 3.45. The number of hydrogen-bond donors (Lipinski definition) is 0. The fourth-order valence-electron chi connectivity index (χ4n) is 2.46. The Hall–Kier alpha value is -2.54. The van der Waals surface area contributed by atoms with Gasteiger partial charge in [0.15, 0.2) is 0 Å². The van der Waals surface area contributed by atoms with Crippen LogP contribution in [0.5, 0.6) is 0 Å². The van der Waals surface area contributed by atoms with E-state index in [9.17, 15) is 4.79 Å². The summed E-state index contributed by atoms with van der Waals surface area (Å²) < 4.78 is 5.81. The third-order valence-corrected chi connectivity index (χ3v) is 3.70. The van der Waals surface area contributed by atoms with Gasteiger partial charge in [0.05, 0.1) is 18.8 Å². The van der Waals surface area contributed by atoms with Crippen LogP contribution in [-0.4, -0.2) is 59.6 Å². The first-order valence-electron chi connectivity index (χ1n) is 7.46. The van der Waals surface area contributed by atoms with E-state index in [0.29, 0.717) is 25.4 Å². The van der Waals surface area contributed by atoms with Crippen molar-refractivity contribution < 1.29 is 9.53 Å². The number of pyridine rings is 1. The van der Waals surface area contributed by atoms with Gasteiger partial charge >= 0.3 is 0 Å². The van der Waals surface area contributed by atoms with Gasteiger partial charge in [-0.3, -0.25) is 4.79 Å². The SMILES string of the molecule is CN(C)c1cccc([C@@H]2CN(C(=O)c3ccncn3)CCO2)n1. The molecule has 0 N–H and O–H groups in total. The van der Waals surface area contributed by atoms with Crippen molar-refractivity contribution in [2.75, 3.05) is 38.7 Å². The van der Waals surface area contributed by atoms with Crippen LogP contribution in [0.2, 0.25) is 0 Å². The summed E-state index contributed by atoms with van der Waals surface area (Å²) in [5.41, 5.74) is 1.23. The van der Waals surface area contributed by atoms with E-state index >= 15 is 0 Å². The van der Waals surface area contributed by atoms with Crippen molar-refractivity contribution in [3.8, 4) is 0 Å². The summed E-state index contributed by atoms with van der Waals surface area (Å²) >= 11 is 0. The van der Waals surface area contributed by atoms with Crippen molar-refractivity contribution in [1.29, 1.82) is 0 Å². The van der Waals surface area contributed by atoms with E-state index in [1.807, 2.05) is 37.2 Å². The number of ether oxygens (including phenoxy) is 1. The monoisotopic (exact) mass is 313 g/mol. The van der Waals surface area contributed by atoms with Gasteiger partial charge in [-0.05, 0) is 18.2 Å². The molecule has 1 atom stereocenters. The van der Waals surface area contributed by atoms with Crippen LogP contribution in [0.25, 0.3) is 0 Å². The van der Waals surface area contributed by atoms with E-state index in [-0.39, 0.29) is 12.0 Å². The van der Waals surface area contributed by atoms with Crippen LogP contribution in [0.15, 0.2) is 36.8 Å². The molecule has 1 aliphatic rings. The first-order valence-corrected chi connectivity index (χ1v) is 7.46. The van der Waals surface area contributed by atoms with E-state index in [1.54, 1.807) is 17.2 Å². The number of nitrogens with zero attached hydrogens (tertiary/aromatic N) is 5. The summed E-state index contributed by atoms with van der Waals surface area (Å²) in [5, 5.41) is 0. The second kappa shape index (κ2) is 6.70. The van der Waals surface area contributed by atoms with Crippen LogP contribution in [0.1, 0.15) is 22.3 Å². The highest BCUT2D eigenvalue weighted by atomic mass is 16.5. The van der Waals surface area contributed by atoms with Crippen molar-refractivity contribution in [2.24, 2.45) is 0 Å². The van der Waals surface area contributed by atoms with Crippen molar-refractivity contribution in [3.05, 3.63) is 48.2 Å². The number of amides is 1. The minimum absolute atomic E-state index is 0.107. The van der Waals surface area contributed by atoms with Crippen molar-refractivity contribution in [3.63, 3.8) is 0 Å². The van der Waals surface area contributed by atoms with E-state index in [2.05, 4.69) is 15.0 Å². The first kappa shape index (κ1) is 15.4. The zero-order chi connectivity index (χ0) is 16.2. The van der Waals surface area contributed by atoms with Gasteiger partial charge in [-0.25, -0.2) is 15.0 Å². The maximum Gasteiger partial charge on any atom is 0.272 e. The zero-order valence-electron chi connectivity index (χ0n) is 13.2. The quantitative estimate of drug-likeness (QED) is 0.846. The molecule has 0 unspecified atom stereocenters. The largest absolute Gasteiger partial charge is 0.368 e. The number of hydrogen-bond acceptors (Lipinski definition) is 6. The van der Waals surface area contributed by atoms with Crippen molar-refractivity contribution in [2.45, 2.75) is 6.10 Å². The van der Waals surface area contributed by atoms with E-state index in [1.165, 1.54) is 6.33 Å². The molecule has 120 valence electrons. The zero-order valence-corrected chi connectivity index (χ0v) is 13.2. The van der Waals surface area contributed by atoms with Gasteiger partial charge in [-0.15, -0.1) is 0 Å². The third-order valence-electron chi connectivity index (χ3n) is 3.70. The molecule has 2 aromatic heterocycles. The van der Waals surface area contributed by atoms with Gasteiger partial charge in [-0.1, -0.05) is 6.07 Å². The van der Waals surface area contributed by atoms with Crippen LogP contribution in [-0.2, 0) is 4.74 Å². The van der Waals surface area contributed by atoms with Gasteiger partial charge in [-0.2, -0.15) is 0 Å². The summed E-state index contributed by atoms with van der Waals surface area (Å²) in [6.07, 6.45) is 2.72. The minimum Gasteiger partial charge on any atom is -0.368 e. The molecule has 1 saturated heterocycles. The fraction of sp³-hybridized carbons (Fsp3) is 0.375. The molecule has 3 heterocycles. The molecule has 0 radical (unpaired) electrons. The Morgan fingerprint density at radius 2 is 2.22 bits per heavy atom. The molecule has 2 aromatic rings. The summed E-state index contributed by atoms with van der Waals surface area (Å²) in [6.45, 7) is 1.49. The topological polar surface area (TPSA) is 71.5 Å². The van der Waals surface area contributed by atoms with Crippen LogP contribution in [0.4, 0.5) is 5.82 Å². The Labute approximate surface area is 134 Å². The second-order valence-corrected chi connectivity index (χ2v) is 5.52. The first-order chi connectivity index (χ1) is 11.1. The lowest BCUT2D eigenvalue weighted by atomic mass is 10.1. The average Bonchev–Trinajstić information content (AvgIpc) is 2.62. The van der Waals surface area contributed by atoms with E-state index in [4.69, 9.17) is 4.74 Å². The highest BCUT2D eigenvalue weighted by Crippen LogP contribution is 2.23. The van der Waals surface area contributed by atoms with Crippen LogP contribution in [0.3, 0.4) is 0 Å². The lowest BCUT2D eigenvalue weighted by Crippen LogP contribution is -2.42. The van der Waals surface area contributed by atoms with Gasteiger partial charge in [0.1, 0.15) is 23.9 Å². The van der Waals surface area contributed by atoms with Crippen molar-refractivity contribution in [1.82, 2.24) is 19.9 Å². The van der Waals surface area contributed by atoms with Gasteiger partial charge in [0, 0.05) is 26.8 Å². The number of rotatable bonds is 3. The van der Waals surface area contributed by atoms with Gasteiger partial charge in [0.25, 0.3) is 5.91 Å². The minimum atomic E-state index is -0.227. The number of anilines is 1. The smallest absolute Gasteiger partial charge is 0.272 e. The molecule has 0 aromatic carbocycles. The molecule has 1 aliphatic heterocycles. The predicted molar refractivity (Wildman–Crippen MR) is 85.2 cm³/mol.